The van der Waals surface area contributed by atoms with Gasteiger partial charge in [0.2, 0.25) is 5.91 Å². The number of fused-ring (bicyclic) bond motifs is 1. The summed E-state index contributed by atoms with van der Waals surface area (Å²) in [7, 11) is 0. The summed E-state index contributed by atoms with van der Waals surface area (Å²) in [5.74, 6) is -0.947. The number of anilines is 1. The Labute approximate surface area is 157 Å². The number of carbonyl (C=O) groups is 1. The predicted molar refractivity (Wildman–Crippen MR) is 103 cm³/mol. The monoisotopic (exact) mass is 361 g/mol. The average Bonchev–Trinajstić information content (AvgIpc) is 2.70. The summed E-state index contributed by atoms with van der Waals surface area (Å²) in [5, 5.41) is 10.3. The van der Waals surface area contributed by atoms with Crippen molar-refractivity contribution in [1.29, 1.82) is 0 Å². The van der Waals surface area contributed by atoms with Gasteiger partial charge in [-0.2, -0.15) is 0 Å². The minimum Gasteiger partial charge on any atom is -0.388 e. The number of carbonyl (C=O) groups excluding carboxylic acids is 1. The van der Waals surface area contributed by atoms with E-state index in [1.54, 1.807) is 11.0 Å². The number of halogens is 1. The molecule has 1 amide bonds. The van der Waals surface area contributed by atoms with Crippen LogP contribution in [-0.2, 0) is 4.79 Å². The van der Waals surface area contributed by atoms with Gasteiger partial charge in [-0.15, -0.1) is 0 Å². The third kappa shape index (κ3) is 3.36. The van der Waals surface area contributed by atoms with Crippen LogP contribution < -0.4 is 4.90 Å². The molecule has 0 fully saturated rings. The van der Waals surface area contributed by atoms with Gasteiger partial charge in [-0.3, -0.25) is 4.79 Å². The minimum atomic E-state index is -0.758. The molecule has 1 aliphatic heterocycles. The molecule has 1 heterocycles. The highest BCUT2D eigenvalue weighted by Crippen LogP contribution is 2.37. The molecule has 4 rings (SSSR count). The van der Waals surface area contributed by atoms with Crippen LogP contribution in [0.3, 0.4) is 0 Å². The van der Waals surface area contributed by atoms with E-state index >= 15 is 0 Å². The van der Waals surface area contributed by atoms with Gasteiger partial charge in [-0.25, -0.2) is 4.39 Å². The molecule has 1 atom stereocenters. The zero-order valence-corrected chi connectivity index (χ0v) is 14.8. The van der Waals surface area contributed by atoms with Crippen molar-refractivity contribution in [3.05, 3.63) is 101 Å². The van der Waals surface area contributed by atoms with Crippen molar-refractivity contribution in [2.24, 2.45) is 0 Å². The molecule has 3 aromatic carbocycles. The van der Waals surface area contributed by atoms with Gasteiger partial charge in [0.25, 0.3) is 0 Å². The summed E-state index contributed by atoms with van der Waals surface area (Å²) in [6, 6.07) is 23.5. The highest BCUT2D eigenvalue weighted by Gasteiger charge is 2.33. The van der Waals surface area contributed by atoms with E-state index in [2.05, 4.69) is 0 Å². The van der Waals surface area contributed by atoms with E-state index in [4.69, 9.17) is 0 Å². The quantitative estimate of drug-likeness (QED) is 0.750. The normalized spacial score (nSPS) is 16.3. The molecule has 0 saturated carbocycles. The van der Waals surface area contributed by atoms with Crippen LogP contribution in [0.25, 0.3) is 0 Å². The van der Waals surface area contributed by atoms with Gasteiger partial charge in [0.15, 0.2) is 0 Å². The number of benzene rings is 3. The first-order chi connectivity index (χ1) is 13.1. The van der Waals surface area contributed by atoms with Gasteiger partial charge in [0.05, 0.1) is 12.0 Å². The van der Waals surface area contributed by atoms with Gasteiger partial charge < -0.3 is 10.0 Å². The highest BCUT2D eigenvalue weighted by molar-refractivity contribution is 6.01. The fraction of sp³-hybridized carbons (Fsp3) is 0.174. The zero-order valence-electron chi connectivity index (χ0n) is 14.8. The number of aliphatic hydroxyl groups is 1. The van der Waals surface area contributed by atoms with Crippen LogP contribution in [0.1, 0.15) is 35.1 Å². The summed E-state index contributed by atoms with van der Waals surface area (Å²) in [5.41, 5.74) is 2.86. The molecule has 1 N–H and O–H groups in total. The topological polar surface area (TPSA) is 40.5 Å². The van der Waals surface area contributed by atoms with E-state index in [0.29, 0.717) is 24.2 Å². The average molecular weight is 361 g/mol. The number of rotatable bonds is 3. The van der Waals surface area contributed by atoms with E-state index in [1.807, 2.05) is 60.7 Å². The summed E-state index contributed by atoms with van der Waals surface area (Å²) in [4.78, 5) is 15.3. The first kappa shape index (κ1) is 17.4. The van der Waals surface area contributed by atoms with Gasteiger partial charge in [-0.05, 0) is 35.7 Å². The lowest BCUT2D eigenvalue weighted by molar-refractivity contribution is -0.119. The van der Waals surface area contributed by atoms with Crippen LogP contribution >= 0.6 is 0 Å². The van der Waals surface area contributed by atoms with Crippen LogP contribution in [0.2, 0.25) is 0 Å². The van der Waals surface area contributed by atoms with Crippen molar-refractivity contribution in [3.63, 3.8) is 0 Å². The molecular weight excluding hydrogens is 341 g/mol. The number of hydrogen-bond acceptors (Lipinski definition) is 2. The third-order valence-electron chi connectivity index (χ3n) is 5.04. The zero-order chi connectivity index (χ0) is 18.8. The Kier molecular flexibility index (Phi) is 4.73. The molecule has 0 radical (unpaired) electrons. The molecule has 0 spiro atoms. The van der Waals surface area contributed by atoms with Crippen LogP contribution in [0.4, 0.5) is 10.1 Å². The molecule has 0 aromatic heterocycles. The Morgan fingerprint density at radius 2 is 1.56 bits per heavy atom. The van der Waals surface area contributed by atoms with E-state index in [0.717, 1.165) is 11.1 Å². The van der Waals surface area contributed by atoms with Crippen molar-refractivity contribution in [1.82, 2.24) is 0 Å². The van der Waals surface area contributed by atoms with Gasteiger partial charge in [-0.1, -0.05) is 60.7 Å². The van der Waals surface area contributed by atoms with Gasteiger partial charge in [0.1, 0.15) is 5.82 Å². The molecule has 0 aliphatic carbocycles. The molecule has 1 unspecified atom stereocenters. The standard InChI is InChI=1S/C23H20FNO2/c24-18-11-12-20-19(15-18)21(26)13-14-25(20)23(27)22(16-7-3-1-4-8-16)17-9-5-2-6-10-17/h1-12,15,21-22,26H,13-14H2. The Balaban J connectivity index is 1.78. The van der Waals surface area contributed by atoms with Crippen molar-refractivity contribution >= 4 is 11.6 Å². The number of amides is 1. The Morgan fingerprint density at radius 3 is 2.15 bits per heavy atom. The van der Waals surface area contributed by atoms with Crippen molar-refractivity contribution in [2.45, 2.75) is 18.4 Å². The second-order valence-corrected chi connectivity index (χ2v) is 6.75. The maximum Gasteiger partial charge on any atom is 0.238 e. The smallest absolute Gasteiger partial charge is 0.238 e. The fourth-order valence-corrected chi connectivity index (χ4v) is 3.72. The molecule has 0 saturated heterocycles. The Morgan fingerprint density at radius 1 is 0.963 bits per heavy atom. The maximum absolute atomic E-state index is 13.7. The summed E-state index contributed by atoms with van der Waals surface area (Å²) in [6.45, 7) is 0.398. The SMILES string of the molecule is O=C(C(c1ccccc1)c1ccccc1)N1CCC(O)c2cc(F)ccc21. The molecule has 3 aromatic rings. The minimum absolute atomic E-state index is 0.0767. The highest BCUT2D eigenvalue weighted by atomic mass is 19.1. The second kappa shape index (κ2) is 7.33. The van der Waals surface area contributed by atoms with Crippen molar-refractivity contribution < 1.29 is 14.3 Å². The lowest BCUT2D eigenvalue weighted by Crippen LogP contribution is -2.40. The van der Waals surface area contributed by atoms with Crippen LogP contribution in [0.15, 0.2) is 78.9 Å². The Bertz CT molecular complexity index is 904. The molecule has 4 heteroatoms. The molecular formula is C23H20FNO2. The summed E-state index contributed by atoms with van der Waals surface area (Å²) >= 11 is 0. The molecule has 27 heavy (non-hydrogen) atoms. The predicted octanol–water partition coefficient (Wildman–Crippen LogP) is 4.43. The van der Waals surface area contributed by atoms with E-state index < -0.39 is 17.8 Å². The molecule has 3 nitrogen and oxygen atoms in total. The first-order valence-corrected chi connectivity index (χ1v) is 9.04. The van der Waals surface area contributed by atoms with E-state index in [9.17, 15) is 14.3 Å². The molecule has 136 valence electrons. The lowest BCUT2D eigenvalue weighted by atomic mass is 9.88. The van der Waals surface area contributed by atoms with Crippen LogP contribution in [0, 0.1) is 5.82 Å². The molecule has 1 aliphatic rings. The van der Waals surface area contributed by atoms with Crippen molar-refractivity contribution in [3.8, 4) is 0 Å². The number of hydrogen-bond donors (Lipinski definition) is 1. The largest absolute Gasteiger partial charge is 0.388 e. The van der Waals surface area contributed by atoms with E-state index in [1.165, 1.54) is 12.1 Å². The lowest BCUT2D eigenvalue weighted by Gasteiger charge is -2.34. The van der Waals surface area contributed by atoms with E-state index in [-0.39, 0.29) is 5.91 Å². The summed E-state index contributed by atoms with van der Waals surface area (Å²) < 4.78 is 13.7. The van der Waals surface area contributed by atoms with Crippen molar-refractivity contribution in [2.75, 3.05) is 11.4 Å². The van der Waals surface area contributed by atoms with Crippen LogP contribution in [0.5, 0.6) is 0 Å². The summed E-state index contributed by atoms with van der Waals surface area (Å²) in [6.07, 6.45) is -0.370. The van der Waals surface area contributed by atoms with Gasteiger partial charge >= 0.3 is 0 Å². The second-order valence-electron chi connectivity index (χ2n) is 6.75. The van der Waals surface area contributed by atoms with Gasteiger partial charge in [0, 0.05) is 17.8 Å². The number of aliphatic hydroxyl groups excluding tert-OH is 1. The Hall–Kier alpha value is -2.98. The first-order valence-electron chi connectivity index (χ1n) is 9.04. The fourth-order valence-electron chi connectivity index (χ4n) is 3.72. The molecule has 0 bridgehead atoms. The van der Waals surface area contributed by atoms with Crippen LogP contribution in [-0.4, -0.2) is 17.6 Å². The third-order valence-corrected chi connectivity index (χ3v) is 5.04. The number of nitrogens with zero attached hydrogens (tertiary/aromatic N) is 1. The maximum atomic E-state index is 13.7.